The van der Waals surface area contributed by atoms with Crippen molar-refractivity contribution >= 4 is 11.9 Å². The fourth-order valence-electron chi connectivity index (χ4n) is 1.99. The van der Waals surface area contributed by atoms with Gasteiger partial charge in [-0.05, 0) is 27.7 Å². The van der Waals surface area contributed by atoms with E-state index in [2.05, 4.69) is 0 Å². The van der Waals surface area contributed by atoms with Crippen molar-refractivity contribution in [3.63, 3.8) is 0 Å². The highest BCUT2D eigenvalue weighted by Crippen LogP contribution is 2.16. The average Bonchev–Trinajstić information content (AvgIpc) is 2.34. The molecule has 0 saturated carbocycles. The number of nitrogens with one attached hydrogen (secondary N) is 1. The first kappa shape index (κ1) is 20.4. The summed E-state index contributed by atoms with van der Waals surface area (Å²) in [5.41, 5.74) is -2.34. The minimum Gasteiger partial charge on any atom is -0.494 e. The Morgan fingerprint density at radius 3 is 1.96 bits per heavy atom. The Kier molecular flexibility index (Phi) is 6.76. The molecule has 0 unspecified atom stereocenters. The van der Waals surface area contributed by atoms with Gasteiger partial charge < -0.3 is 15.5 Å². The fourth-order valence-corrected chi connectivity index (χ4v) is 1.99. The van der Waals surface area contributed by atoms with Gasteiger partial charge in [0.15, 0.2) is 5.56 Å². The fraction of sp³-hybridized carbons (Fsp3) is 0.571. The Morgan fingerprint density at radius 1 is 1.09 bits per heavy atom. The van der Waals surface area contributed by atoms with E-state index in [0.29, 0.717) is 0 Å². The van der Waals surface area contributed by atoms with E-state index >= 15 is 0 Å². The molecule has 0 atom stereocenters. The lowest BCUT2D eigenvalue weighted by Crippen LogP contribution is -2.46. The van der Waals surface area contributed by atoms with Gasteiger partial charge in [-0.15, -0.1) is 0 Å². The van der Waals surface area contributed by atoms with Gasteiger partial charge in [0.25, 0.3) is 11.5 Å². The molecule has 0 radical (unpaired) electrons. The first-order valence-corrected chi connectivity index (χ1v) is 6.69. The van der Waals surface area contributed by atoms with Crippen LogP contribution in [0.3, 0.4) is 0 Å². The van der Waals surface area contributed by atoms with Gasteiger partial charge in [0, 0.05) is 12.1 Å². The highest BCUT2D eigenvalue weighted by atomic mass is 16.4. The van der Waals surface area contributed by atoms with E-state index in [1.54, 1.807) is 27.7 Å². The van der Waals surface area contributed by atoms with Gasteiger partial charge in [-0.2, -0.15) is 0 Å². The first-order chi connectivity index (χ1) is 10.1. The van der Waals surface area contributed by atoms with Gasteiger partial charge in [0.1, 0.15) is 6.54 Å². The number of hydrogen-bond acceptors (Lipinski definition) is 5. The lowest BCUT2D eigenvalue weighted by Gasteiger charge is -2.19. The zero-order valence-electron chi connectivity index (χ0n) is 12.8. The molecule has 1 aromatic heterocycles. The van der Waals surface area contributed by atoms with Crippen LogP contribution in [-0.4, -0.2) is 37.8 Å². The van der Waals surface area contributed by atoms with Crippen LogP contribution < -0.4 is 16.6 Å². The van der Waals surface area contributed by atoms with E-state index in [1.807, 2.05) is 5.32 Å². The van der Waals surface area contributed by atoms with E-state index < -0.39 is 53.2 Å². The van der Waals surface area contributed by atoms with Crippen molar-refractivity contribution in [2.75, 3.05) is 6.54 Å². The topological polar surface area (TPSA) is 131 Å². The molecule has 0 aromatic carbocycles. The number of hydrogen-bond donors (Lipinski definition) is 3. The number of rotatable bonds is 5. The number of carboxylic acids is 1. The van der Waals surface area contributed by atoms with Crippen molar-refractivity contribution in [1.29, 1.82) is 0 Å². The zero-order chi connectivity index (χ0) is 17.2. The number of aromatic hydroxyl groups is 1. The normalized spacial score (nSPS) is 10.5. The van der Waals surface area contributed by atoms with E-state index in [9.17, 15) is 24.3 Å². The highest BCUT2D eigenvalue weighted by Gasteiger charge is 2.26. The molecular weight excluding hydrogens is 306 g/mol. The van der Waals surface area contributed by atoms with Gasteiger partial charge in [0.2, 0.25) is 5.88 Å². The summed E-state index contributed by atoms with van der Waals surface area (Å²) in [6.07, 6.45) is 0. The van der Waals surface area contributed by atoms with Crippen LogP contribution in [0, 0.1) is 0 Å². The van der Waals surface area contributed by atoms with E-state index in [1.165, 1.54) is 0 Å². The summed E-state index contributed by atoms with van der Waals surface area (Å²) in [6, 6.07) is -1.03. The highest BCUT2D eigenvalue weighted by molar-refractivity contribution is 5.97. The van der Waals surface area contributed by atoms with Crippen LogP contribution in [0.1, 0.15) is 57.6 Å². The van der Waals surface area contributed by atoms with E-state index in [-0.39, 0.29) is 7.43 Å². The number of aliphatic carboxylic acids is 1. The number of nitrogens with zero attached hydrogens (tertiary/aromatic N) is 2. The largest absolute Gasteiger partial charge is 0.494 e. The number of aromatic nitrogens is 2. The third-order valence-corrected chi connectivity index (χ3v) is 2.96. The Morgan fingerprint density at radius 2 is 1.57 bits per heavy atom. The van der Waals surface area contributed by atoms with Crippen LogP contribution in [0.15, 0.2) is 9.59 Å². The molecule has 23 heavy (non-hydrogen) atoms. The molecule has 0 aliphatic carbocycles. The van der Waals surface area contributed by atoms with Crippen LogP contribution in [0.25, 0.3) is 0 Å². The molecule has 0 spiro atoms. The molecule has 3 N–H and O–H groups in total. The lowest BCUT2D eigenvalue weighted by molar-refractivity contribution is -0.135. The summed E-state index contributed by atoms with van der Waals surface area (Å²) in [5.74, 6) is -3.12. The molecule has 0 bridgehead atoms. The Bertz CT molecular complexity index is 714. The van der Waals surface area contributed by atoms with Gasteiger partial charge in [0.05, 0.1) is 0 Å². The summed E-state index contributed by atoms with van der Waals surface area (Å²) in [6.45, 7) is 5.68. The predicted octanol–water partition coefficient (Wildman–Crippen LogP) is 0.328. The predicted molar refractivity (Wildman–Crippen MR) is 84.1 cm³/mol. The van der Waals surface area contributed by atoms with E-state index in [0.717, 1.165) is 9.13 Å². The molecule has 0 fully saturated rings. The Hall–Kier alpha value is -2.58. The first-order valence-electron chi connectivity index (χ1n) is 6.69. The minimum absolute atomic E-state index is 0. The maximum atomic E-state index is 12.3. The molecule has 0 aliphatic heterocycles. The van der Waals surface area contributed by atoms with Crippen molar-refractivity contribution in [2.45, 2.75) is 47.2 Å². The van der Waals surface area contributed by atoms with Crippen molar-refractivity contribution < 1.29 is 19.8 Å². The van der Waals surface area contributed by atoms with Gasteiger partial charge in [-0.25, -0.2) is 4.79 Å². The van der Waals surface area contributed by atoms with Crippen LogP contribution in [0.5, 0.6) is 5.88 Å². The van der Waals surface area contributed by atoms with Crippen molar-refractivity contribution in [3.05, 3.63) is 26.4 Å². The summed E-state index contributed by atoms with van der Waals surface area (Å²) in [7, 11) is 0. The maximum absolute atomic E-state index is 12.3. The lowest BCUT2D eigenvalue weighted by atomic mass is 10.2. The molecule has 9 nitrogen and oxygen atoms in total. The molecular formula is C14H23N3O6. The Labute approximate surface area is 133 Å². The second kappa shape index (κ2) is 7.61. The van der Waals surface area contributed by atoms with Crippen molar-refractivity contribution in [1.82, 2.24) is 14.5 Å². The van der Waals surface area contributed by atoms with Gasteiger partial charge >= 0.3 is 11.7 Å². The smallest absolute Gasteiger partial charge is 0.334 e. The summed E-state index contributed by atoms with van der Waals surface area (Å²) < 4.78 is 1.76. The second-order valence-electron chi connectivity index (χ2n) is 5.29. The van der Waals surface area contributed by atoms with Crippen LogP contribution in [0.2, 0.25) is 0 Å². The second-order valence-corrected chi connectivity index (χ2v) is 5.29. The molecule has 1 rings (SSSR count). The quantitative estimate of drug-likeness (QED) is 0.713. The molecule has 1 aromatic rings. The number of carboxylic acid groups (broad SMARTS) is 1. The maximum Gasteiger partial charge on any atom is 0.334 e. The molecule has 9 heteroatoms. The van der Waals surface area contributed by atoms with Crippen LogP contribution in [-0.2, 0) is 4.79 Å². The number of carbonyl (C=O) groups excluding carboxylic acids is 1. The standard InChI is InChI=1S/C13H19N3O6.CH4/c1-6(2)15-11(20)9(10(19)14-5-8(17)18)12(21)16(7(3)4)13(15)22;/h6-7,20H,5H2,1-4H3,(H,14,19)(H,17,18);1H4. The molecule has 1 heterocycles. The van der Waals surface area contributed by atoms with Crippen molar-refractivity contribution in [2.24, 2.45) is 0 Å². The van der Waals surface area contributed by atoms with Crippen LogP contribution in [0.4, 0.5) is 0 Å². The van der Waals surface area contributed by atoms with Gasteiger partial charge in [-0.1, -0.05) is 7.43 Å². The molecule has 0 aliphatic rings. The third-order valence-electron chi connectivity index (χ3n) is 2.96. The summed E-state index contributed by atoms with van der Waals surface area (Å²) in [5, 5.41) is 20.7. The molecule has 1 amide bonds. The van der Waals surface area contributed by atoms with Gasteiger partial charge in [-0.3, -0.25) is 23.5 Å². The minimum atomic E-state index is -1.30. The number of carbonyl (C=O) groups is 2. The molecule has 130 valence electrons. The Balaban J connectivity index is 0.00000484. The van der Waals surface area contributed by atoms with Crippen LogP contribution >= 0.6 is 0 Å². The summed E-state index contributed by atoms with van der Waals surface area (Å²) >= 11 is 0. The van der Waals surface area contributed by atoms with Crippen molar-refractivity contribution in [3.8, 4) is 5.88 Å². The summed E-state index contributed by atoms with van der Waals surface area (Å²) in [4.78, 5) is 47.1. The molecule has 0 saturated heterocycles. The monoisotopic (exact) mass is 329 g/mol. The third kappa shape index (κ3) is 3.99. The average molecular weight is 329 g/mol. The SMILES string of the molecule is C.CC(C)n1c(O)c(C(=O)NCC(=O)O)c(=O)n(C(C)C)c1=O. The van der Waals surface area contributed by atoms with E-state index in [4.69, 9.17) is 5.11 Å². The number of amides is 1. The zero-order valence-corrected chi connectivity index (χ0v) is 12.8.